The molecule has 0 atom stereocenters. The Morgan fingerprint density at radius 2 is 1.76 bits per heavy atom. The predicted molar refractivity (Wildman–Crippen MR) is 92.3 cm³/mol. The Kier molecular flexibility index (Phi) is 4.87. The third-order valence-corrected chi connectivity index (χ3v) is 4.85. The molecule has 1 heterocycles. The molecule has 0 fully saturated rings. The van der Waals surface area contributed by atoms with E-state index in [1.54, 1.807) is 31.4 Å². The maximum atomic E-state index is 12.4. The van der Waals surface area contributed by atoms with Gasteiger partial charge in [0.2, 0.25) is 0 Å². The van der Waals surface area contributed by atoms with Crippen LogP contribution in [0.25, 0.3) is 11.0 Å². The lowest BCUT2D eigenvalue weighted by Crippen LogP contribution is -2.10. The summed E-state index contributed by atoms with van der Waals surface area (Å²) in [6.45, 7) is 0.589. The Balaban J connectivity index is 1.84. The summed E-state index contributed by atoms with van der Waals surface area (Å²) in [6.07, 6.45) is 0.736. The molecule has 0 radical (unpaired) electrons. The maximum Gasteiger partial charge on any atom is 0.339 e. The van der Waals surface area contributed by atoms with Gasteiger partial charge in [0.15, 0.2) is 0 Å². The molecule has 0 aliphatic heterocycles. The second-order valence-corrected chi connectivity index (χ2v) is 6.92. The lowest BCUT2D eigenvalue weighted by atomic mass is 10.1. The fraction of sp³-hybridized carbons (Fsp3) is 0.167. The van der Waals surface area contributed by atoms with E-state index < -0.39 is 15.7 Å². The summed E-state index contributed by atoms with van der Waals surface area (Å²) in [6, 6.07) is 13.7. The smallest absolute Gasteiger partial charge is 0.339 e. The van der Waals surface area contributed by atoms with E-state index in [1.807, 2.05) is 0 Å². The van der Waals surface area contributed by atoms with Gasteiger partial charge in [-0.25, -0.2) is 4.79 Å². The first-order valence-electron chi connectivity index (χ1n) is 7.54. The van der Waals surface area contributed by atoms with Gasteiger partial charge in [0, 0.05) is 18.6 Å². The van der Waals surface area contributed by atoms with Gasteiger partial charge in [0.25, 0.3) is 0 Å². The molecule has 0 N–H and O–H groups in total. The SMILES string of the molecule is COCCc1ccc(OS(=O)(=O)c2ccc3oc(=O)ccc3c2)cc1. The van der Waals surface area contributed by atoms with Crippen LogP contribution in [0.3, 0.4) is 0 Å². The van der Waals surface area contributed by atoms with Gasteiger partial charge in [-0.1, -0.05) is 12.1 Å². The van der Waals surface area contributed by atoms with Crippen molar-refractivity contribution in [3.63, 3.8) is 0 Å². The molecule has 3 aromatic rings. The van der Waals surface area contributed by atoms with Crippen LogP contribution in [-0.2, 0) is 21.3 Å². The number of hydrogen-bond donors (Lipinski definition) is 0. The van der Waals surface area contributed by atoms with Crippen molar-refractivity contribution in [2.75, 3.05) is 13.7 Å². The van der Waals surface area contributed by atoms with Crippen molar-refractivity contribution in [1.82, 2.24) is 0 Å². The third kappa shape index (κ3) is 4.07. The van der Waals surface area contributed by atoms with E-state index in [0.717, 1.165) is 12.0 Å². The van der Waals surface area contributed by atoms with Crippen LogP contribution in [-0.4, -0.2) is 22.1 Å². The molecular weight excluding hydrogens is 344 g/mol. The van der Waals surface area contributed by atoms with Crippen LogP contribution in [0.2, 0.25) is 0 Å². The van der Waals surface area contributed by atoms with E-state index in [2.05, 4.69) is 0 Å². The Morgan fingerprint density at radius 3 is 2.48 bits per heavy atom. The Hall–Kier alpha value is -2.64. The van der Waals surface area contributed by atoms with Crippen LogP contribution in [0, 0.1) is 0 Å². The highest BCUT2D eigenvalue weighted by atomic mass is 32.2. The highest BCUT2D eigenvalue weighted by molar-refractivity contribution is 7.87. The van der Waals surface area contributed by atoms with Crippen molar-refractivity contribution in [2.24, 2.45) is 0 Å². The molecule has 0 spiro atoms. The molecule has 3 rings (SSSR count). The molecule has 2 aromatic carbocycles. The topological polar surface area (TPSA) is 82.8 Å². The van der Waals surface area contributed by atoms with Gasteiger partial charge in [-0.05, 0) is 48.4 Å². The lowest BCUT2D eigenvalue weighted by molar-refractivity contribution is 0.202. The lowest BCUT2D eigenvalue weighted by Gasteiger charge is -2.08. The number of methoxy groups -OCH3 is 1. The summed E-state index contributed by atoms with van der Waals surface area (Å²) in [5.74, 6) is 0.223. The first kappa shape index (κ1) is 17.2. The summed E-state index contributed by atoms with van der Waals surface area (Å²) in [7, 11) is -2.37. The van der Waals surface area contributed by atoms with Crippen molar-refractivity contribution < 1.29 is 21.8 Å². The summed E-state index contributed by atoms with van der Waals surface area (Å²) in [5, 5.41) is 0.499. The van der Waals surface area contributed by atoms with Crippen LogP contribution in [0.15, 0.2) is 68.7 Å². The van der Waals surface area contributed by atoms with Crippen LogP contribution in [0.1, 0.15) is 5.56 Å². The van der Waals surface area contributed by atoms with E-state index >= 15 is 0 Å². The highest BCUT2D eigenvalue weighted by Gasteiger charge is 2.17. The largest absolute Gasteiger partial charge is 0.423 e. The van der Waals surface area contributed by atoms with Crippen molar-refractivity contribution in [2.45, 2.75) is 11.3 Å². The summed E-state index contributed by atoms with van der Waals surface area (Å²) >= 11 is 0. The highest BCUT2D eigenvalue weighted by Crippen LogP contribution is 2.22. The van der Waals surface area contributed by atoms with Gasteiger partial charge in [-0.15, -0.1) is 0 Å². The van der Waals surface area contributed by atoms with Crippen molar-refractivity contribution >= 4 is 21.1 Å². The molecule has 0 amide bonds. The van der Waals surface area contributed by atoms with Gasteiger partial charge < -0.3 is 13.3 Å². The standard InChI is InChI=1S/C18H16O6S/c1-22-11-10-13-2-5-15(6-3-13)24-25(20,21)16-7-8-17-14(12-16)4-9-18(19)23-17/h2-9,12H,10-11H2,1H3. The first-order valence-corrected chi connectivity index (χ1v) is 8.95. The van der Waals surface area contributed by atoms with E-state index in [-0.39, 0.29) is 10.6 Å². The predicted octanol–water partition coefficient (Wildman–Crippen LogP) is 2.75. The fourth-order valence-corrected chi connectivity index (χ4v) is 3.28. The maximum absolute atomic E-state index is 12.4. The molecule has 7 heteroatoms. The Bertz CT molecular complexity index is 1040. The van der Waals surface area contributed by atoms with Gasteiger partial charge >= 0.3 is 15.7 Å². The van der Waals surface area contributed by atoms with Crippen molar-refractivity contribution in [1.29, 1.82) is 0 Å². The fourth-order valence-electron chi connectivity index (χ4n) is 2.31. The molecule has 1 aromatic heterocycles. The number of rotatable bonds is 6. The molecule has 0 bridgehead atoms. The van der Waals surface area contributed by atoms with Crippen LogP contribution in [0.5, 0.6) is 5.75 Å². The molecule has 0 aliphatic rings. The summed E-state index contributed by atoms with van der Waals surface area (Å²) in [5.41, 5.74) is 0.842. The molecule has 0 unspecified atom stereocenters. The van der Waals surface area contributed by atoms with Crippen LogP contribution >= 0.6 is 0 Å². The minimum absolute atomic E-state index is 0.0164. The van der Waals surface area contributed by atoms with Crippen molar-refractivity contribution in [3.8, 4) is 5.75 Å². The molecule has 6 nitrogen and oxygen atoms in total. The molecule has 130 valence electrons. The monoisotopic (exact) mass is 360 g/mol. The molecular formula is C18H16O6S. The zero-order valence-electron chi connectivity index (χ0n) is 13.5. The first-order chi connectivity index (χ1) is 12.0. The van der Waals surface area contributed by atoms with Crippen molar-refractivity contribution in [3.05, 3.63) is 70.6 Å². The van der Waals surface area contributed by atoms with Gasteiger partial charge in [-0.2, -0.15) is 8.42 Å². The second kappa shape index (κ2) is 7.08. The second-order valence-electron chi connectivity index (χ2n) is 5.38. The third-order valence-electron chi connectivity index (χ3n) is 3.60. The molecule has 0 aliphatic carbocycles. The van der Waals surface area contributed by atoms with Crippen LogP contribution < -0.4 is 9.81 Å². The normalized spacial score (nSPS) is 11.6. The minimum Gasteiger partial charge on any atom is -0.423 e. The molecule has 0 saturated heterocycles. The van der Waals surface area contributed by atoms with Gasteiger partial charge in [0.1, 0.15) is 16.2 Å². The van der Waals surface area contributed by atoms with E-state index in [0.29, 0.717) is 17.6 Å². The molecule has 25 heavy (non-hydrogen) atoms. The van der Waals surface area contributed by atoms with Gasteiger partial charge in [0.05, 0.1) is 6.61 Å². The Morgan fingerprint density at radius 1 is 1.00 bits per heavy atom. The van der Waals surface area contributed by atoms with E-state index in [4.69, 9.17) is 13.3 Å². The average Bonchev–Trinajstić information content (AvgIpc) is 2.60. The van der Waals surface area contributed by atoms with Gasteiger partial charge in [-0.3, -0.25) is 0 Å². The molecule has 0 saturated carbocycles. The quantitative estimate of drug-likeness (QED) is 0.496. The number of ether oxygens (including phenoxy) is 1. The van der Waals surface area contributed by atoms with E-state index in [1.165, 1.54) is 30.3 Å². The average molecular weight is 360 g/mol. The summed E-state index contributed by atoms with van der Waals surface area (Å²) < 4.78 is 40.0. The number of hydrogen-bond acceptors (Lipinski definition) is 6. The Labute approximate surface area is 144 Å². The van der Waals surface area contributed by atoms with Crippen LogP contribution in [0.4, 0.5) is 0 Å². The number of fused-ring (bicyclic) bond motifs is 1. The zero-order chi connectivity index (χ0) is 17.9. The van der Waals surface area contributed by atoms with E-state index in [9.17, 15) is 13.2 Å². The zero-order valence-corrected chi connectivity index (χ0v) is 14.3. The minimum atomic E-state index is -3.99. The number of benzene rings is 2. The summed E-state index contributed by atoms with van der Waals surface area (Å²) in [4.78, 5) is 11.2.